The van der Waals surface area contributed by atoms with Crippen molar-refractivity contribution in [2.75, 3.05) is 0 Å². The van der Waals surface area contributed by atoms with Crippen LogP contribution in [0.5, 0.6) is 11.5 Å². The molecule has 0 aliphatic carbocycles. The van der Waals surface area contributed by atoms with Crippen molar-refractivity contribution in [2.24, 2.45) is 5.73 Å². The minimum Gasteiger partial charge on any atom is -0.504 e. The first-order chi connectivity index (χ1) is 6.94. The molecule has 0 aliphatic rings. The lowest BCUT2D eigenvalue weighted by Gasteiger charge is -2.22. The Hall–Kier alpha value is -1.75. The van der Waals surface area contributed by atoms with Crippen molar-refractivity contribution < 1.29 is 19.7 Å². The monoisotopic (exact) mass is 211 g/mol. The van der Waals surface area contributed by atoms with Crippen molar-refractivity contribution in [1.29, 1.82) is 0 Å². The number of carbonyl (C=O) groups is 1. The molecule has 1 rings (SSSR count). The van der Waals surface area contributed by atoms with Crippen molar-refractivity contribution in [3.63, 3.8) is 0 Å². The van der Waals surface area contributed by atoms with Crippen molar-refractivity contribution >= 4 is 6.47 Å². The van der Waals surface area contributed by atoms with Gasteiger partial charge in [0.2, 0.25) is 0 Å². The van der Waals surface area contributed by atoms with E-state index in [9.17, 15) is 9.90 Å². The quantitative estimate of drug-likeness (QED) is 0.383. The molecule has 5 nitrogen and oxygen atoms in total. The molecular weight excluding hydrogens is 198 g/mol. The van der Waals surface area contributed by atoms with Crippen LogP contribution in [0, 0.1) is 0 Å². The van der Waals surface area contributed by atoms with Gasteiger partial charge in [-0.05, 0) is 24.6 Å². The number of aromatic hydroxyl groups is 2. The van der Waals surface area contributed by atoms with E-state index in [0.29, 0.717) is 5.56 Å². The maximum Gasteiger partial charge on any atom is 0.294 e. The van der Waals surface area contributed by atoms with Gasteiger partial charge in [0.15, 0.2) is 17.2 Å². The third-order valence-electron chi connectivity index (χ3n) is 1.91. The van der Waals surface area contributed by atoms with Gasteiger partial charge in [-0.1, -0.05) is 6.07 Å². The molecule has 0 saturated heterocycles. The van der Waals surface area contributed by atoms with E-state index in [1.54, 1.807) is 13.0 Å². The van der Waals surface area contributed by atoms with Gasteiger partial charge in [-0.15, -0.1) is 0 Å². The zero-order valence-electron chi connectivity index (χ0n) is 8.30. The summed E-state index contributed by atoms with van der Waals surface area (Å²) in [6.45, 7) is 1.82. The highest BCUT2D eigenvalue weighted by atomic mass is 16.5. The van der Waals surface area contributed by atoms with E-state index in [1.807, 2.05) is 0 Å². The van der Waals surface area contributed by atoms with Gasteiger partial charge in [-0.2, -0.15) is 0 Å². The summed E-state index contributed by atoms with van der Waals surface area (Å²) in [5.41, 5.74) is 5.19. The zero-order valence-corrected chi connectivity index (χ0v) is 8.30. The van der Waals surface area contributed by atoms with E-state index in [2.05, 4.69) is 4.74 Å². The first kappa shape index (κ1) is 11.3. The number of ether oxygens (including phenoxy) is 1. The zero-order chi connectivity index (χ0) is 11.5. The molecule has 1 atom stereocenters. The number of hydrogen-bond donors (Lipinski definition) is 3. The SMILES string of the molecule is C[C@](N)(Cc1ccc(O)c(O)c1)OC=O. The molecule has 0 radical (unpaired) electrons. The summed E-state index contributed by atoms with van der Waals surface area (Å²) in [5.74, 6) is -0.428. The van der Waals surface area contributed by atoms with Gasteiger partial charge in [-0.25, -0.2) is 0 Å². The van der Waals surface area contributed by atoms with Crippen molar-refractivity contribution in [1.82, 2.24) is 0 Å². The number of phenolic OH excluding ortho intramolecular Hbond substituents is 2. The molecule has 0 spiro atoms. The largest absolute Gasteiger partial charge is 0.504 e. The Morgan fingerprint density at radius 2 is 2.13 bits per heavy atom. The highest BCUT2D eigenvalue weighted by molar-refractivity contribution is 5.41. The Morgan fingerprint density at radius 3 is 2.67 bits per heavy atom. The molecule has 1 aromatic rings. The van der Waals surface area contributed by atoms with E-state index < -0.39 is 5.72 Å². The van der Waals surface area contributed by atoms with Crippen LogP contribution in [0.15, 0.2) is 18.2 Å². The molecule has 82 valence electrons. The standard InChI is InChI=1S/C10H13NO4/c1-10(11,15-6-12)5-7-2-3-8(13)9(14)4-7/h2-4,6,13-14H,5,11H2,1H3/t10-/m1/s1. The van der Waals surface area contributed by atoms with Gasteiger partial charge in [0.1, 0.15) is 0 Å². The number of phenols is 2. The van der Waals surface area contributed by atoms with Crippen molar-refractivity contribution in [3.05, 3.63) is 23.8 Å². The van der Waals surface area contributed by atoms with Crippen LogP contribution in [0.1, 0.15) is 12.5 Å². The summed E-state index contributed by atoms with van der Waals surface area (Å²) in [4.78, 5) is 10.1. The number of carbonyl (C=O) groups excluding carboxylic acids is 1. The lowest BCUT2D eigenvalue weighted by molar-refractivity contribution is -0.141. The first-order valence-electron chi connectivity index (χ1n) is 4.36. The fourth-order valence-corrected chi connectivity index (χ4v) is 1.24. The van der Waals surface area contributed by atoms with Crippen LogP contribution in [-0.4, -0.2) is 22.4 Å². The second-order valence-corrected chi connectivity index (χ2v) is 3.53. The molecule has 0 fully saturated rings. The Kier molecular flexibility index (Phi) is 3.16. The molecule has 0 aliphatic heterocycles. The third kappa shape index (κ3) is 3.14. The Bertz CT molecular complexity index is 362. The number of hydrogen-bond acceptors (Lipinski definition) is 5. The topological polar surface area (TPSA) is 92.8 Å². The van der Waals surface area contributed by atoms with Crippen LogP contribution in [0.4, 0.5) is 0 Å². The number of benzene rings is 1. The summed E-state index contributed by atoms with van der Waals surface area (Å²) < 4.78 is 4.66. The Labute approximate surface area is 87.1 Å². The summed E-state index contributed by atoms with van der Waals surface area (Å²) >= 11 is 0. The summed E-state index contributed by atoms with van der Waals surface area (Å²) in [6.07, 6.45) is 0.250. The highest BCUT2D eigenvalue weighted by Crippen LogP contribution is 2.26. The van der Waals surface area contributed by atoms with E-state index in [0.717, 1.165) is 0 Å². The maximum absolute atomic E-state index is 10.1. The van der Waals surface area contributed by atoms with E-state index >= 15 is 0 Å². The molecule has 0 heterocycles. The van der Waals surface area contributed by atoms with Crippen LogP contribution < -0.4 is 5.73 Å². The van der Waals surface area contributed by atoms with Gasteiger partial charge < -0.3 is 14.9 Å². The molecule has 0 amide bonds. The van der Waals surface area contributed by atoms with Gasteiger partial charge >= 0.3 is 0 Å². The molecule has 0 aromatic heterocycles. The summed E-state index contributed by atoms with van der Waals surface area (Å²) in [6, 6.07) is 4.31. The number of nitrogens with two attached hydrogens (primary N) is 1. The third-order valence-corrected chi connectivity index (χ3v) is 1.91. The normalized spacial score (nSPS) is 14.3. The predicted octanol–water partition coefficient (Wildman–Crippen LogP) is 0.488. The highest BCUT2D eigenvalue weighted by Gasteiger charge is 2.20. The molecule has 0 saturated carbocycles. The molecule has 0 bridgehead atoms. The van der Waals surface area contributed by atoms with Gasteiger partial charge in [-0.3, -0.25) is 10.5 Å². The summed E-state index contributed by atoms with van der Waals surface area (Å²) in [7, 11) is 0. The second kappa shape index (κ2) is 4.18. The average molecular weight is 211 g/mol. The van der Waals surface area contributed by atoms with Crippen molar-refractivity contribution in [2.45, 2.75) is 19.1 Å². The molecule has 0 unspecified atom stereocenters. The maximum atomic E-state index is 10.1. The average Bonchev–Trinajstić information content (AvgIpc) is 2.10. The van der Waals surface area contributed by atoms with E-state index in [4.69, 9.17) is 10.8 Å². The molecule has 4 N–H and O–H groups in total. The molecule has 5 heteroatoms. The van der Waals surface area contributed by atoms with Crippen LogP contribution >= 0.6 is 0 Å². The van der Waals surface area contributed by atoms with Crippen LogP contribution in [0.2, 0.25) is 0 Å². The van der Waals surface area contributed by atoms with Gasteiger partial charge in [0.25, 0.3) is 6.47 Å². The van der Waals surface area contributed by atoms with E-state index in [1.165, 1.54) is 12.1 Å². The summed E-state index contributed by atoms with van der Waals surface area (Å²) in [5, 5.41) is 18.3. The van der Waals surface area contributed by atoms with Gasteiger partial charge in [0.05, 0.1) is 0 Å². The number of rotatable bonds is 4. The molecule has 1 aromatic carbocycles. The van der Waals surface area contributed by atoms with Crippen LogP contribution in [-0.2, 0) is 16.0 Å². The fraction of sp³-hybridized carbons (Fsp3) is 0.300. The Balaban J connectivity index is 2.80. The lowest BCUT2D eigenvalue weighted by Crippen LogP contribution is -2.41. The molecule has 15 heavy (non-hydrogen) atoms. The molecular formula is C10H13NO4. The first-order valence-corrected chi connectivity index (χ1v) is 4.36. The van der Waals surface area contributed by atoms with E-state index in [-0.39, 0.29) is 24.4 Å². The predicted molar refractivity (Wildman–Crippen MR) is 53.2 cm³/mol. The fourth-order valence-electron chi connectivity index (χ4n) is 1.24. The van der Waals surface area contributed by atoms with Crippen molar-refractivity contribution in [3.8, 4) is 11.5 Å². The second-order valence-electron chi connectivity index (χ2n) is 3.53. The minimum absolute atomic E-state index is 0.200. The van der Waals surface area contributed by atoms with Crippen LogP contribution in [0.3, 0.4) is 0 Å². The minimum atomic E-state index is -1.12. The van der Waals surface area contributed by atoms with Gasteiger partial charge in [0, 0.05) is 6.42 Å². The van der Waals surface area contributed by atoms with Crippen LogP contribution in [0.25, 0.3) is 0 Å². The smallest absolute Gasteiger partial charge is 0.294 e. The Morgan fingerprint density at radius 1 is 1.47 bits per heavy atom. The lowest BCUT2D eigenvalue weighted by atomic mass is 10.0.